The molecule has 94 valence electrons. The summed E-state index contributed by atoms with van der Waals surface area (Å²) in [6, 6.07) is 0. The first-order chi connectivity index (χ1) is 6.84. The molecule has 0 aliphatic heterocycles. The van der Waals surface area contributed by atoms with E-state index in [2.05, 4.69) is 0 Å². The quantitative estimate of drug-likeness (QED) is 0.627. The van der Waals surface area contributed by atoms with Crippen LogP contribution in [-0.2, 0) is 14.4 Å². The van der Waals surface area contributed by atoms with Gasteiger partial charge in [0, 0.05) is 6.42 Å². The largest absolute Gasteiger partial charge is 0.481 e. The van der Waals surface area contributed by atoms with Gasteiger partial charge in [-0.15, -0.1) is 12.4 Å². The molecule has 0 rings (SSSR count). The van der Waals surface area contributed by atoms with E-state index in [1.807, 2.05) is 0 Å². The van der Waals surface area contributed by atoms with Crippen LogP contribution in [0.2, 0.25) is 0 Å². The maximum absolute atomic E-state index is 10.7. The molecule has 0 amide bonds. The predicted octanol–water partition coefficient (Wildman–Crippen LogP) is 1.08. The zero-order valence-corrected chi connectivity index (χ0v) is 9.57. The van der Waals surface area contributed by atoms with Crippen LogP contribution in [0.4, 0.5) is 0 Å². The Balaban J connectivity index is 0. The minimum Gasteiger partial charge on any atom is -0.481 e. The molecule has 16 heavy (non-hydrogen) atoms. The topological polar surface area (TPSA) is 112 Å². The second kappa shape index (κ2) is 7.92. The molecule has 0 bridgehead atoms. The summed E-state index contributed by atoms with van der Waals surface area (Å²) in [5, 5.41) is 25.7. The van der Waals surface area contributed by atoms with Crippen molar-refractivity contribution in [3.05, 3.63) is 0 Å². The van der Waals surface area contributed by atoms with Gasteiger partial charge in [0.2, 0.25) is 0 Å². The Bertz CT molecular complexity index is 265. The highest BCUT2D eigenvalue weighted by molar-refractivity contribution is 5.85. The van der Waals surface area contributed by atoms with Crippen molar-refractivity contribution in [2.75, 3.05) is 0 Å². The molecule has 0 fully saturated rings. The molecule has 0 aliphatic carbocycles. The van der Waals surface area contributed by atoms with Crippen molar-refractivity contribution < 1.29 is 29.7 Å². The van der Waals surface area contributed by atoms with Gasteiger partial charge in [-0.1, -0.05) is 6.92 Å². The van der Waals surface area contributed by atoms with Gasteiger partial charge in [-0.05, 0) is 12.8 Å². The fraction of sp³-hybridized carbons (Fsp3) is 0.667. The molecule has 7 heteroatoms. The molecule has 3 N–H and O–H groups in total. The number of carboxylic acids is 3. The SMILES string of the molecule is CC(CC(CCC(=O)O)C(=O)O)C(=O)O.Cl. The average molecular weight is 255 g/mol. The third-order valence-corrected chi connectivity index (χ3v) is 2.12. The number of halogens is 1. The van der Waals surface area contributed by atoms with E-state index in [9.17, 15) is 14.4 Å². The molecule has 2 unspecified atom stereocenters. The molecule has 2 atom stereocenters. The van der Waals surface area contributed by atoms with E-state index < -0.39 is 29.7 Å². The average Bonchev–Trinajstić information content (AvgIpc) is 2.10. The van der Waals surface area contributed by atoms with Crippen LogP contribution < -0.4 is 0 Å². The number of rotatable bonds is 7. The van der Waals surface area contributed by atoms with Gasteiger partial charge in [0.15, 0.2) is 0 Å². The summed E-state index contributed by atoms with van der Waals surface area (Å²) < 4.78 is 0. The molecular weight excluding hydrogens is 240 g/mol. The van der Waals surface area contributed by atoms with Crippen LogP contribution >= 0.6 is 12.4 Å². The Morgan fingerprint density at radius 2 is 1.56 bits per heavy atom. The Kier molecular flexibility index (Phi) is 8.47. The molecule has 0 spiro atoms. The minimum atomic E-state index is -1.15. The Morgan fingerprint density at radius 3 is 1.88 bits per heavy atom. The molecule has 0 aromatic heterocycles. The molecule has 0 saturated carbocycles. The fourth-order valence-electron chi connectivity index (χ4n) is 1.17. The van der Waals surface area contributed by atoms with Gasteiger partial charge in [-0.25, -0.2) is 0 Å². The van der Waals surface area contributed by atoms with Gasteiger partial charge in [0.25, 0.3) is 0 Å². The number of carbonyl (C=O) groups is 3. The minimum absolute atomic E-state index is 0. The first-order valence-corrected chi connectivity index (χ1v) is 4.52. The molecule has 0 aliphatic rings. The highest BCUT2D eigenvalue weighted by Crippen LogP contribution is 2.18. The van der Waals surface area contributed by atoms with Gasteiger partial charge in [-0.2, -0.15) is 0 Å². The third kappa shape index (κ3) is 7.05. The standard InChI is InChI=1S/C9H14O6.ClH/c1-5(8(12)13)4-6(9(14)15)2-3-7(10)11;/h5-6H,2-4H2,1H3,(H,10,11)(H,12,13)(H,14,15);1H. The van der Waals surface area contributed by atoms with Crippen LogP contribution in [0.15, 0.2) is 0 Å². The van der Waals surface area contributed by atoms with Crippen molar-refractivity contribution in [2.24, 2.45) is 11.8 Å². The summed E-state index contributed by atoms with van der Waals surface area (Å²) in [5.41, 5.74) is 0. The molecule has 0 heterocycles. The predicted molar refractivity (Wildman–Crippen MR) is 56.7 cm³/mol. The van der Waals surface area contributed by atoms with E-state index in [4.69, 9.17) is 15.3 Å². The van der Waals surface area contributed by atoms with Gasteiger partial charge in [0.1, 0.15) is 0 Å². The zero-order valence-electron chi connectivity index (χ0n) is 8.75. The van der Waals surface area contributed by atoms with Crippen molar-refractivity contribution in [1.82, 2.24) is 0 Å². The van der Waals surface area contributed by atoms with Crippen LogP contribution in [0.5, 0.6) is 0 Å². The number of aliphatic carboxylic acids is 3. The number of hydrogen-bond donors (Lipinski definition) is 3. The first-order valence-electron chi connectivity index (χ1n) is 4.52. The van der Waals surface area contributed by atoms with E-state index in [0.29, 0.717) is 0 Å². The lowest BCUT2D eigenvalue weighted by Crippen LogP contribution is -2.21. The monoisotopic (exact) mass is 254 g/mol. The van der Waals surface area contributed by atoms with Crippen LogP contribution in [-0.4, -0.2) is 33.2 Å². The number of hydrogen-bond acceptors (Lipinski definition) is 3. The normalized spacial score (nSPS) is 13.3. The highest BCUT2D eigenvalue weighted by atomic mass is 35.5. The maximum atomic E-state index is 10.7. The van der Waals surface area contributed by atoms with Crippen LogP contribution in [0.3, 0.4) is 0 Å². The second-order valence-corrected chi connectivity index (χ2v) is 3.44. The summed E-state index contributed by atoms with van der Waals surface area (Å²) >= 11 is 0. The van der Waals surface area contributed by atoms with Crippen molar-refractivity contribution >= 4 is 30.3 Å². The molecule has 0 saturated heterocycles. The Morgan fingerprint density at radius 1 is 1.06 bits per heavy atom. The summed E-state index contributed by atoms with van der Waals surface area (Å²) in [5.74, 6) is -4.99. The van der Waals surface area contributed by atoms with Gasteiger partial charge >= 0.3 is 17.9 Å². The molecule has 6 nitrogen and oxygen atoms in total. The molecule has 0 aromatic carbocycles. The molecule has 0 aromatic rings. The van der Waals surface area contributed by atoms with Crippen LogP contribution in [0, 0.1) is 11.8 Å². The van der Waals surface area contributed by atoms with E-state index in [-0.39, 0.29) is 31.7 Å². The van der Waals surface area contributed by atoms with Gasteiger partial charge in [0.05, 0.1) is 11.8 Å². The second-order valence-electron chi connectivity index (χ2n) is 3.44. The van der Waals surface area contributed by atoms with Crippen molar-refractivity contribution in [2.45, 2.75) is 26.2 Å². The molecule has 0 radical (unpaired) electrons. The molecular formula is C9H15ClO6. The Hall–Kier alpha value is -1.30. The first kappa shape index (κ1) is 17.1. The lowest BCUT2D eigenvalue weighted by molar-refractivity contribution is -0.145. The smallest absolute Gasteiger partial charge is 0.306 e. The van der Waals surface area contributed by atoms with Gasteiger partial charge in [-0.3, -0.25) is 14.4 Å². The van der Waals surface area contributed by atoms with E-state index in [0.717, 1.165) is 0 Å². The Labute approximate surface area is 98.7 Å². The van der Waals surface area contributed by atoms with Crippen molar-refractivity contribution in [3.8, 4) is 0 Å². The lowest BCUT2D eigenvalue weighted by Gasteiger charge is -2.13. The summed E-state index contributed by atoms with van der Waals surface area (Å²) in [6.07, 6.45) is -0.344. The van der Waals surface area contributed by atoms with Crippen LogP contribution in [0.25, 0.3) is 0 Å². The van der Waals surface area contributed by atoms with E-state index in [1.165, 1.54) is 6.92 Å². The van der Waals surface area contributed by atoms with E-state index in [1.54, 1.807) is 0 Å². The lowest BCUT2D eigenvalue weighted by atomic mass is 9.92. The summed E-state index contributed by atoms with van der Waals surface area (Å²) in [4.78, 5) is 31.4. The fourth-order valence-corrected chi connectivity index (χ4v) is 1.17. The number of carboxylic acid groups (broad SMARTS) is 3. The third-order valence-electron chi connectivity index (χ3n) is 2.12. The van der Waals surface area contributed by atoms with Crippen molar-refractivity contribution in [3.63, 3.8) is 0 Å². The van der Waals surface area contributed by atoms with E-state index >= 15 is 0 Å². The summed E-state index contributed by atoms with van der Waals surface area (Å²) in [6.45, 7) is 1.40. The van der Waals surface area contributed by atoms with Crippen molar-refractivity contribution in [1.29, 1.82) is 0 Å². The van der Waals surface area contributed by atoms with Crippen LogP contribution in [0.1, 0.15) is 26.2 Å². The summed E-state index contributed by atoms with van der Waals surface area (Å²) in [7, 11) is 0. The highest BCUT2D eigenvalue weighted by Gasteiger charge is 2.24. The van der Waals surface area contributed by atoms with Gasteiger partial charge < -0.3 is 15.3 Å². The zero-order chi connectivity index (χ0) is 12.0. The maximum Gasteiger partial charge on any atom is 0.306 e.